The number of anilines is 2. The van der Waals surface area contributed by atoms with Crippen molar-refractivity contribution in [2.75, 3.05) is 11.1 Å². The van der Waals surface area contributed by atoms with Gasteiger partial charge in [0.25, 0.3) is 5.91 Å². The van der Waals surface area contributed by atoms with Crippen LogP contribution in [0.2, 0.25) is 20.1 Å². The molecular formula is C13H8Cl4N2O. The number of hydrogen-bond acceptors (Lipinski definition) is 2. The monoisotopic (exact) mass is 348 g/mol. The van der Waals surface area contributed by atoms with Gasteiger partial charge in [0.15, 0.2) is 0 Å². The largest absolute Gasteiger partial charge is 0.398 e. The van der Waals surface area contributed by atoms with Crippen molar-refractivity contribution in [3.8, 4) is 0 Å². The average molecular weight is 350 g/mol. The molecule has 2 aromatic carbocycles. The summed E-state index contributed by atoms with van der Waals surface area (Å²) in [7, 11) is 0. The van der Waals surface area contributed by atoms with Gasteiger partial charge in [-0.05, 0) is 24.3 Å². The van der Waals surface area contributed by atoms with E-state index in [9.17, 15) is 4.79 Å². The van der Waals surface area contributed by atoms with Gasteiger partial charge in [-0.25, -0.2) is 0 Å². The summed E-state index contributed by atoms with van der Waals surface area (Å²) < 4.78 is 0. The fourth-order valence-electron chi connectivity index (χ4n) is 1.62. The Morgan fingerprint density at radius 3 is 2.15 bits per heavy atom. The number of nitrogens with one attached hydrogen (secondary N) is 1. The third-order valence-corrected chi connectivity index (χ3v) is 3.65. The van der Waals surface area contributed by atoms with Crippen LogP contribution in [0.4, 0.5) is 11.4 Å². The van der Waals surface area contributed by atoms with E-state index >= 15 is 0 Å². The van der Waals surface area contributed by atoms with Gasteiger partial charge in [0.2, 0.25) is 0 Å². The molecule has 0 fully saturated rings. The first-order valence-corrected chi connectivity index (χ1v) is 6.91. The number of halogens is 4. The van der Waals surface area contributed by atoms with E-state index in [1.165, 1.54) is 12.1 Å². The maximum absolute atomic E-state index is 12.2. The van der Waals surface area contributed by atoms with E-state index in [-0.39, 0.29) is 32.0 Å². The quantitative estimate of drug-likeness (QED) is 0.738. The lowest BCUT2D eigenvalue weighted by atomic mass is 10.1. The van der Waals surface area contributed by atoms with Gasteiger partial charge >= 0.3 is 0 Å². The number of amides is 1. The maximum Gasteiger partial charge on any atom is 0.259 e. The Kier molecular flexibility index (Phi) is 4.66. The zero-order valence-electron chi connectivity index (χ0n) is 9.88. The van der Waals surface area contributed by atoms with Gasteiger partial charge < -0.3 is 11.1 Å². The molecule has 0 saturated heterocycles. The standard InChI is InChI=1S/C13H8Cl4N2O/c14-6-4-8(16)12(9(17)5-6)19-13(20)11-7(15)2-1-3-10(11)18/h1-5H,18H2,(H,19,20). The minimum absolute atomic E-state index is 0.163. The summed E-state index contributed by atoms with van der Waals surface area (Å²) in [5.74, 6) is -0.501. The third-order valence-electron chi connectivity index (χ3n) is 2.52. The molecule has 20 heavy (non-hydrogen) atoms. The van der Waals surface area contributed by atoms with Gasteiger partial charge in [-0.2, -0.15) is 0 Å². The lowest BCUT2D eigenvalue weighted by Crippen LogP contribution is -2.15. The molecule has 3 nitrogen and oxygen atoms in total. The van der Waals surface area contributed by atoms with E-state index in [0.29, 0.717) is 5.02 Å². The zero-order valence-corrected chi connectivity index (χ0v) is 12.9. The summed E-state index contributed by atoms with van der Waals surface area (Å²) in [6, 6.07) is 7.74. The maximum atomic E-state index is 12.2. The predicted octanol–water partition coefficient (Wildman–Crippen LogP) is 5.13. The molecular weight excluding hydrogens is 342 g/mol. The van der Waals surface area contributed by atoms with Crippen LogP contribution < -0.4 is 11.1 Å². The lowest BCUT2D eigenvalue weighted by molar-refractivity contribution is 0.102. The zero-order chi connectivity index (χ0) is 14.9. The van der Waals surface area contributed by atoms with Crippen LogP contribution in [-0.2, 0) is 0 Å². The summed E-state index contributed by atoms with van der Waals surface area (Å²) >= 11 is 23.8. The second-order valence-corrected chi connectivity index (χ2v) is 5.56. The number of nitrogen functional groups attached to an aromatic ring is 1. The summed E-state index contributed by atoms with van der Waals surface area (Å²) in [5.41, 5.74) is 6.42. The van der Waals surface area contributed by atoms with Crippen molar-refractivity contribution in [2.45, 2.75) is 0 Å². The van der Waals surface area contributed by atoms with Crippen LogP contribution in [0.3, 0.4) is 0 Å². The minimum atomic E-state index is -0.501. The molecule has 0 unspecified atom stereocenters. The van der Waals surface area contributed by atoms with Crippen molar-refractivity contribution in [2.24, 2.45) is 0 Å². The van der Waals surface area contributed by atoms with Gasteiger partial charge in [-0.15, -0.1) is 0 Å². The fraction of sp³-hybridized carbons (Fsp3) is 0. The van der Waals surface area contributed by atoms with Crippen LogP contribution in [0.15, 0.2) is 30.3 Å². The van der Waals surface area contributed by atoms with Gasteiger partial charge in [-0.1, -0.05) is 52.5 Å². The highest BCUT2D eigenvalue weighted by Gasteiger charge is 2.17. The van der Waals surface area contributed by atoms with Crippen LogP contribution in [0, 0.1) is 0 Å². The average Bonchev–Trinajstić information content (AvgIpc) is 2.33. The molecule has 1 amide bonds. The second-order valence-electron chi connectivity index (χ2n) is 3.90. The number of rotatable bonds is 2. The summed E-state index contributed by atoms with van der Waals surface area (Å²) in [6.07, 6.45) is 0. The van der Waals surface area contributed by atoms with Gasteiger partial charge in [-0.3, -0.25) is 4.79 Å². The number of benzene rings is 2. The van der Waals surface area contributed by atoms with Crippen molar-refractivity contribution in [1.29, 1.82) is 0 Å². The second kappa shape index (κ2) is 6.10. The van der Waals surface area contributed by atoms with Crippen molar-refractivity contribution in [1.82, 2.24) is 0 Å². The first-order chi connectivity index (χ1) is 9.40. The van der Waals surface area contributed by atoms with E-state index in [1.807, 2.05) is 0 Å². The molecule has 0 aliphatic rings. The minimum Gasteiger partial charge on any atom is -0.398 e. The Morgan fingerprint density at radius 2 is 1.60 bits per heavy atom. The van der Waals surface area contributed by atoms with E-state index in [1.54, 1.807) is 18.2 Å². The van der Waals surface area contributed by atoms with Crippen LogP contribution in [0.1, 0.15) is 10.4 Å². The molecule has 0 aliphatic heterocycles. The lowest BCUT2D eigenvalue weighted by Gasteiger charge is -2.12. The molecule has 0 bridgehead atoms. The molecule has 0 atom stereocenters. The highest BCUT2D eigenvalue weighted by Crippen LogP contribution is 2.34. The highest BCUT2D eigenvalue weighted by molar-refractivity contribution is 6.43. The van der Waals surface area contributed by atoms with Crippen LogP contribution in [-0.4, -0.2) is 5.91 Å². The van der Waals surface area contributed by atoms with E-state index < -0.39 is 5.91 Å². The topological polar surface area (TPSA) is 55.1 Å². The first-order valence-electron chi connectivity index (χ1n) is 5.40. The molecule has 104 valence electrons. The highest BCUT2D eigenvalue weighted by atomic mass is 35.5. The number of hydrogen-bond donors (Lipinski definition) is 2. The first kappa shape index (κ1) is 15.3. The Labute approximate surface area is 135 Å². The Bertz CT molecular complexity index is 645. The van der Waals surface area contributed by atoms with Gasteiger partial charge in [0.05, 0.1) is 26.3 Å². The molecule has 0 radical (unpaired) electrons. The van der Waals surface area contributed by atoms with Gasteiger partial charge in [0, 0.05) is 10.7 Å². The number of carbonyl (C=O) groups excluding carboxylic acids is 1. The van der Waals surface area contributed by atoms with E-state index in [2.05, 4.69) is 5.32 Å². The Hall–Kier alpha value is -1.13. The molecule has 2 aromatic rings. The molecule has 0 heterocycles. The molecule has 0 aliphatic carbocycles. The number of carbonyl (C=O) groups is 1. The van der Waals surface area contributed by atoms with Crippen molar-refractivity contribution >= 4 is 63.7 Å². The molecule has 0 aromatic heterocycles. The molecule has 0 saturated carbocycles. The van der Waals surface area contributed by atoms with Crippen LogP contribution in [0.25, 0.3) is 0 Å². The number of nitrogens with two attached hydrogens (primary N) is 1. The Morgan fingerprint density at radius 1 is 1.00 bits per heavy atom. The van der Waals surface area contributed by atoms with Crippen LogP contribution in [0.5, 0.6) is 0 Å². The predicted molar refractivity (Wildman–Crippen MR) is 85.3 cm³/mol. The fourth-order valence-corrected chi connectivity index (χ4v) is 2.80. The SMILES string of the molecule is Nc1cccc(Cl)c1C(=O)Nc1c(Cl)cc(Cl)cc1Cl. The van der Waals surface area contributed by atoms with Crippen LogP contribution >= 0.6 is 46.4 Å². The molecule has 7 heteroatoms. The van der Waals surface area contributed by atoms with Gasteiger partial charge in [0.1, 0.15) is 0 Å². The van der Waals surface area contributed by atoms with E-state index in [4.69, 9.17) is 52.1 Å². The summed E-state index contributed by atoms with van der Waals surface area (Å²) in [6.45, 7) is 0. The molecule has 0 spiro atoms. The Balaban J connectivity index is 2.38. The smallest absolute Gasteiger partial charge is 0.259 e. The van der Waals surface area contributed by atoms with Crippen molar-refractivity contribution in [3.63, 3.8) is 0 Å². The van der Waals surface area contributed by atoms with E-state index in [0.717, 1.165) is 0 Å². The van der Waals surface area contributed by atoms with Crippen molar-refractivity contribution in [3.05, 3.63) is 56.0 Å². The summed E-state index contributed by atoms with van der Waals surface area (Å²) in [5, 5.41) is 3.64. The summed E-state index contributed by atoms with van der Waals surface area (Å²) in [4.78, 5) is 12.2. The molecule has 3 N–H and O–H groups in total. The third kappa shape index (κ3) is 3.13. The normalized spacial score (nSPS) is 10.4. The molecule has 2 rings (SSSR count). The van der Waals surface area contributed by atoms with Crippen molar-refractivity contribution < 1.29 is 4.79 Å².